The van der Waals surface area contributed by atoms with Crippen molar-refractivity contribution < 1.29 is 45.5 Å². The first-order valence-corrected chi connectivity index (χ1v) is 12.8. The topological polar surface area (TPSA) is 98.5 Å². The number of carbonyl (C=O) groups is 3. The standard InChI is InChI=1S/C25H23F6NO3.C4H9NO/c1-14(35-2)10-23(34)32-21-9-7-15-11-17(6-8-19(15)21)22(33)13-20(25(29,30)31)16-4-3-5-18(12-16)24(26,27)28;1-2-3-4(5)6/h3-6,8,11-14,21H,7,9-10H2,1-2H3,(H,32,34);2-3H2,1H3,(H2,5,6). The number of ether oxygens (including phenoxy) is 1. The van der Waals surface area contributed by atoms with Gasteiger partial charge in [0.1, 0.15) is 0 Å². The number of halogens is 6. The Labute approximate surface area is 233 Å². The van der Waals surface area contributed by atoms with E-state index in [-0.39, 0.29) is 35.9 Å². The van der Waals surface area contributed by atoms with Gasteiger partial charge in [-0.2, -0.15) is 26.3 Å². The molecule has 2 aromatic carbocycles. The van der Waals surface area contributed by atoms with Crippen LogP contribution in [0.2, 0.25) is 0 Å². The molecule has 0 spiro atoms. The Morgan fingerprint density at radius 1 is 1.07 bits per heavy atom. The molecule has 0 saturated heterocycles. The molecule has 224 valence electrons. The van der Waals surface area contributed by atoms with Crippen molar-refractivity contribution in [1.29, 1.82) is 0 Å². The molecule has 0 saturated carbocycles. The Hall–Kier alpha value is -3.67. The summed E-state index contributed by atoms with van der Waals surface area (Å²) < 4.78 is 85.0. The van der Waals surface area contributed by atoms with E-state index < -0.39 is 34.8 Å². The van der Waals surface area contributed by atoms with Crippen LogP contribution in [0.4, 0.5) is 26.3 Å². The highest BCUT2D eigenvalue weighted by Crippen LogP contribution is 2.38. The summed E-state index contributed by atoms with van der Waals surface area (Å²) in [4.78, 5) is 34.7. The van der Waals surface area contributed by atoms with Gasteiger partial charge in [-0.3, -0.25) is 14.4 Å². The lowest BCUT2D eigenvalue weighted by Gasteiger charge is -2.16. The third-order valence-electron chi connectivity index (χ3n) is 6.29. The van der Waals surface area contributed by atoms with E-state index >= 15 is 0 Å². The molecule has 2 atom stereocenters. The zero-order chi connectivity index (χ0) is 31.0. The number of primary amides is 1. The van der Waals surface area contributed by atoms with Crippen molar-refractivity contribution in [3.63, 3.8) is 0 Å². The lowest BCUT2D eigenvalue weighted by Crippen LogP contribution is -2.30. The number of nitrogens with one attached hydrogen (secondary N) is 1. The molecule has 12 heteroatoms. The van der Waals surface area contributed by atoms with Crippen molar-refractivity contribution in [2.24, 2.45) is 5.73 Å². The second-order valence-corrected chi connectivity index (χ2v) is 9.54. The number of methoxy groups -OCH3 is 1. The highest BCUT2D eigenvalue weighted by molar-refractivity contribution is 6.09. The van der Waals surface area contributed by atoms with Gasteiger partial charge in [-0.15, -0.1) is 0 Å². The Morgan fingerprint density at radius 2 is 1.76 bits per heavy atom. The zero-order valence-corrected chi connectivity index (χ0v) is 22.8. The lowest BCUT2D eigenvalue weighted by molar-refractivity contribution is -0.137. The van der Waals surface area contributed by atoms with Gasteiger partial charge >= 0.3 is 12.4 Å². The van der Waals surface area contributed by atoms with Crippen LogP contribution in [-0.2, 0) is 26.9 Å². The number of nitrogens with two attached hydrogens (primary N) is 1. The normalized spacial score (nSPS) is 15.8. The first-order chi connectivity index (χ1) is 19.1. The van der Waals surface area contributed by atoms with Gasteiger partial charge in [0, 0.05) is 19.1 Å². The summed E-state index contributed by atoms with van der Waals surface area (Å²) >= 11 is 0. The summed E-state index contributed by atoms with van der Waals surface area (Å²) in [6, 6.07) is 6.85. The number of amides is 2. The highest BCUT2D eigenvalue weighted by atomic mass is 19.4. The molecule has 0 aliphatic heterocycles. The molecule has 2 unspecified atom stereocenters. The molecule has 3 N–H and O–H groups in total. The maximum absolute atomic E-state index is 13.7. The summed E-state index contributed by atoms with van der Waals surface area (Å²) in [5.41, 5.74) is 2.74. The first-order valence-electron chi connectivity index (χ1n) is 12.8. The smallest absolute Gasteiger partial charge is 0.381 e. The molecule has 0 bridgehead atoms. The van der Waals surface area contributed by atoms with Gasteiger partial charge < -0.3 is 15.8 Å². The quantitative estimate of drug-likeness (QED) is 0.204. The van der Waals surface area contributed by atoms with Gasteiger partial charge in [0.05, 0.1) is 29.7 Å². The monoisotopic (exact) mass is 586 g/mol. The number of hydrogen-bond donors (Lipinski definition) is 2. The predicted molar refractivity (Wildman–Crippen MR) is 141 cm³/mol. The average Bonchev–Trinajstić information content (AvgIpc) is 3.27. The Bertz CT molecular complexity index is 1270. The van der Waals surface area contributed by atoms with Crippen LogP contribution in [0.5, 0.6) is 0 Å². The van der Waals surface area contributed by atoms with Gasteiger partial charge in [-0.1, -0.05) is 31.2 Å². The van der Waals surface area contributed by atoms with Crippen molar-refractivity contribution in [3.05, 3.63) is 76.4 Å². The van der Waals surface area contributed by atoms with E-state index in [9.17, 15) is 40.7 Å². The number of aryl methyl sites for hydroxylation is 1. The fourth-order valence-electron chi connectivity index (χ4n) is 4.17. The van der Waals surface area contributed by atoms with E-state index in [2.05, 4.69) is 5.32 Å². The fraction of sp³-hybridized carbons (Fsp3) is 0.414. The molecular weight excluding hydrogens is 554 g/mol. The van der Waals surface area contributed by atoms with E-state index in [4.69, 9.17) is 10.5 Å². The largest absolute Gasteiger partial charge is 0.417 e. The molecule has 0 aromatic heterocycles. The molecule has 41 heavy (non-hydrogen) atoms. The minimum absolute atomic E-state index is 0.0301. The van der Waals surface area contributed by atoms with Crippen LogP contribution in [-0.4, -0.2) is 37.0 Å². The Kier molecular flexibility index (Phi) is 11.7. The second-order valence-electron chi connectivity index (χ2n) is 9.54. The van der Waals surface area contributed by atoms with Crippen molar-refractivity contribution in [2.45, 2.75) is 70.4 Å². The van der Waals surface area contributed by atoms with Gasteiger partial charge in [0.25, 0.3) is 0 Å². The van der Waals surface area contributed by atoms with E-state index in [0.717, 1.165) is 24.1 Å². The minimum atomic E-state index is -5.05. The molecule has 2 amide bonds. The molecule has 1 aliphatic rings. The van der Waals surface area contributed by atoms with Crippen LogP contribution in [0.25, 0.3) is 5.57 Å². The summed E-state index contributed by atoms with van der Waals surface area (Å²) in [5, 5.41) is 2.88. The fourth-order valence-corrected chi connectivity index (χ4v) is 4.17. The number of ketones is 1. The van der Waals surface area contributed by atoms with E-state index in [1.54, 1.807) is 13.0 Å². The number of fused-ring (bicyclic) bond motifs is 1. The van der Waals surface area contributed by atoms with Gasteiger partial charge in [-0.25, -0.2) is 0 Å². The van der Waals surface area contributed by atoms with Crippen LogP contribution >= 0.6 is 0 Å². The minimum Gasteiger partial charge on any atom is -0.381 e. The van der Waals surface area contributed by atoms with Crippen LogP contribution in [0.1, 0.15) is 78.2 Å². The summed E-state index contributed by atoms with van der Waals surface area (Å²) in [6.07, 6.45) is -7.22. The third-order valence-corrected chi connectivity index (χ3v) is 6.29. The molecule has 0 heterocycles. The van der Waals surface area contributed by atoms with Gasteiger partial charge in [0.15, 0.2) is 5.78 Å². The summed E-state index contributed by atoms with van der Waals surface area (Å²) in [7, 11) is 1.49. The first kappa shape index (κ1) is 33.5. The molecule has 1 aliphatic carbocycles. The van der Waals surface area contributed by atoms with Crippen molar-refractivity contribution >= 4 is 23.2 Å². The number of hydrogen-bond acceptors (Lipinski definition) is 4. The highest BCUT2D eigenvalue weighted by Gasteiger charge is 2.37. The van der Waals surface area contributed by atoms with E-state index in [1.165, 1.54) is 19.2 Å². The van der Waals surface area contributed by atoms with Crippen LogP contribution in [0.3, 0.4) is 0 Å². The van der Waals surface area contributed by atoms with E-state index in [0.29, 0.717) is 43.0 Å². The van der Waals surface area contributed by atoms with Gasteiger partial charge in [0.2, 0.25) is 11.8 Å². The summed E-state index contributed by atoms with van der Waals surface area (Å²) in [6.45, 7) is 3.67. The van der Waals surface area contributed by atoms with Crippen LogP contribution < -0.4 is 11.1 Å². The maximum atomic E-state index is 13.7. The average molecular weight is 587 g/mol. The lowest BCUT2D eigenvalue weighted by atomic mass is 9.97. The number of allylic oxidation sites excluding steroid dienone is 2. The third kappa shape index (κ3) is 10.0. The number of alkyl halides is 6. The number of rotatable bonds is 9. The van der Waals surface area contributed by atoms with Crippen molar-refractivity contribution in [1.82, 2.24) is 5.32 Å². The Balaban J connectivity index is 0.000000883. The van der Waals surface area contributed by atoms with Crippen molar-refractivity contribution in [2.75, 3.05) is 7.11 Å². The summed E-state index contributed by atoms with van der Waals surface area (Å²) in [5.74, 6) is -1.41. The molecule has 0 radical (unpaired) electrons. The number of benzene rings is 2. The number of carbonyl (C=O) groups excluding carboxylic acids is 3. The predicted octanol–water partition coefficient (Wildman–Crippen LogP) is 6.33. The second kappa shape index (κ2) is 14.3. The SMILES string of the molecule is CCCC(N)=O.COC(C)CC(=O)NC1CCc2cc(C(=O)C=C(c3cccc(C(F)(F)F)c3)C(F)(F)F)ccc21. The molecule has 3 rings (SSSR count). The van der Waals surface area contributed by atoms with Crippen molar-refractivity contribution in [3.8, 4) is 0 Å². The maximum Gasteiger partial charge on any atom is 0.417 e. The molecule has 2 aromatic rings. The van der Waals surface area contributed by atoms with Gasteiger partial charge in [-0.05, 0) is 67.2 Å². The van der Waals surface area contributed by atoms with Crippen LogP contribution in [0, 0.1) is 0 Å². The van der Waals surface area contributed by atoms with E-state index in [1.807, 2.05) is 6.92 Å². The Morgan fingerprint density at radius 3 is 2.29 bits per heavy atom. The van der Waals surface area contributed by atoms with Crippen LogP contribution in [0.15, 0.2) is 48.5 Å². The molecular formula is C29H32F6N2O4. The molecule has 6 nitrogen and oxygen atoms in total. The zero-order valence-electron chi connectivity index (χ0n) is 22.8. The molecule has 0 fully saturated rings.